The zero-order valence-electron chi connectivity index (χ0n) is 14.3. The summed E-state index contributed by atoms with van der Waals surface area (Å²) in [6.45, 7) is -0.705. The van der Waals surface area contributed by atoms with Crippen LogP contribution in [0.5, 0.6) is 0 Å². The Bertz CT molecular complexity index is 860. The van der Waals surface area contributed by atoms with E-state index in [9.17, 15) is 19.2 Å². The van der Waals surface area contributed by atoms with Crippen LogP contribution < -0.4 is 5.32 Å². The topological polar surface area (TPSA) is 123 Å². The van der Waals surface area contributed by atoms with Crippen molar-refractivity contribution in [2.75, 3.05) is 6.61 Å². The van der Waals surface area contributed by atoms with Gasteiger partial charge in [0.15, 0.2) is 18.2 Å². The molecular weight excluding hydrogens is 413 g/mol. The first-order valence-corrected chi connectivity index (χ1v) is 8.75. The van der Waals surface area contributed by atoms with Crippen molar-refractivity contribution >= 4 is 46.8 Å². The number of nitrogens with one attached hydrogen (secondary N) is 1. The Morgan fingerprint density at radius 3 is 2.36 bits per heavy atom. The van der Waals surface area contributed by atoms with E-state index in [-0.39, 0.29) is 34.2 Å². The van der Waals surface area contributed by atoms with Gasteiger partial charge in [-0.15, -0.1) is 0 Å². The zero-order valence-corrected chi connectivity index (χ0v) is 15.8. The minimum absolute atomic E-state index is 0.0482. The molecule has 0 spiro atoms. The number of rotatable bonds is 9. The first-order chi connectivity index (χ1) is 13.3. The highest BCUT2D eigenvalue weighted by atomic mass is 35.5. The van der Waals surface area contributed by atoms with Crippen molar-refractivity contribution in [1.29, 1.82) is 0 Å². The van der Waals surface area contributed by atoms with Crippen molar-refractivity contribution in [3.05, 3.63) is 58.0 Å². The highest BCUT2D eigenvalue weighted by Gasteiger charge is 2.25. The van der Waals surface area contributed by atoms with Crippen LogP contribution in [0.3, 0.4) is 0 Å². The molecule has 0 aliphatic rings. The molecule has 1 atom stereocenters. The van der Waals surface area contributed by atoms with Crippen LogP contribution in [-0.2, 0) is 14.3 Å². The monoisotopic (exact) mass is 427 g/mol. The number of Topliss-reactive ketones (excluding diaryl/α,β-unsaturated/α-hetero) is 1. The van der Waals surface area contributed by atoms with Crippen LogP contribution in [0.2, 0.25) is 10.0 Å². The molecule has 10 heteroatoms. The quantitative estimate of drug-likeness (QED) is 0.589. The Morgan fingerprint density at radius 2 is 1.79 bits per heavy atom. The summed E-state index contributed by atoms with van der Waals surface area (Å²) in [5.41, 5.74) is -0.0969. The van der Waals surface area contributed by atoms with Crippen LogP contribution in [0.4, 0.5) is 0 Å². The third-order valence-corrected chi connectivity index (χ3v) is 4.23. The molecule has 2 aromatic rings. The van der Waals surface area contributed by atoms with Gasteiger partial charge in [-0.25, -0.2) is 4.79 Å². The number of ether oxygens (including phenoxy) is 1. The molecule has 148 valence electrons. The van der Waals surface area contributed by atoms with Gasteiger partial charge < -0.3 is 19.6 Å². The summed E-state index contributed by atoms with van der Waals surface area (Å²) in [5, 5.41) is 11.3. The molecule has 0 aliphatic carbocycles. The Kier molecular flexibility index (Phi) is 7.60. The summed E-state index contributed by atoms with van der Waals surface area (Å²) in [5.74, 6) is -3.51. The van der Waals surface area contributed by atoms with Gasteiger partial charge in [0.25, 0.3) is 5.91 Å². The molecule has 2 rings (SSSR count). The number of ketones is 1. The predicted molar refractivity (Wildman–Crippen MR) is 98.6 cm³/mol. The van der Waals surface area contributed by atoms with Crippen LogP contribution in [0.1, 0.15) is 33.8 Å². The SMILES string of the molecule is O=C(O)CC[C@H](NC(=O)c1ccco1)C(=O)COC(=O)c1c(Cl)cccc1Cl. The van der Waals surface area contributed by atoms with Gasteiger partial charge in [-0.2, -0.15) is 0 Å². The van der Waals surface area contributed by atoms with Crippen molar-refractivity contribution < 1.29 is 33.4 Å². The van der Waals surface area contributed by atoms with Gasteiger partial charge in [0.1, 0.15) is 0 Å². The largest absolute Gasteiger partial charge is 0.481 e. The first-order valence-electron chi connectivity index (χ1n) is 7.99. The lowest BCUT2D eigenvalue weighted by molar-refractivity contribution is -0.137. The average molecular weight is 428 g/mol. The lowest BCUT2D eigenvalue weighted by Gasteiger charge is -2.16. The number of carbonyl (C=O) groups excluding carboxylic acids is 3. The van der Waals surface area contributed by atoms with Crippen molar-refractivity contribution in [2.24, 2.45) is 0 Å². The number of halogens is 2. The number of aliphatic carboxylic acids is 1. The predicted octanol–water partition coefficient (Wildman–Crippen LogP) is 2.98. The minimum atomic E-state index is -1.19. The molecule has 1 aromatic heterocycles. The van der Waals surface area contributed by atoms with E-state index in [4.69, 9.17) is 37.5 Å². The third-order valence-electron chi connectivity index (χ3n) is 3.60. The number of benzene rings is 1. The second-order valence-electron chi connectivity index (χ2n) is 5.57. The molecule has 1 amide bonds. The van der Waals surface area contributed by atoms with Crippen molar-refractivity contribution in [3.63, 3.8) is 0 Å². The summed E-state index contributed by atoms with van der Waals surface area (Å²) >= 11 is 11.8. The molecule has 28 heavy (non-hydrogen) atoms. The highest BCUT2D eigenvalue weighted by molar-refractivity contribution is 6.39. The Balaban J connectivity index is 2.03. The molecule has 0 aliphatic heterocycles. The number of hydrogen-bond acceptors (Lipinski definition) is 6. The fraction of sp³-hybridized carbons (Fsp3) is 0.222. The maximum atomic E-state index is 12.4. The van der Waals surface area contributed by atoms with E-state index in [1.807, 2.05) is 0 Å². The number of furan rings is 1. The van der Waals surface area contributed by atoms with Crippen LogP contribution in [0, 0.1) is 0 Å². The summed E-state index contributed by atoms with van der Waals surface area (Å²) in [6.07, 6.45) is 0.711. The van der Waals surface area contributed by atoms with E-state index in [0.29, 0.717) is 0 Å². The van der Waals surface area contributed by atoms with Crippen molar-refractivity contribution in [1.82, 2.24) is 5.32 Å². The molecule has 2 N–H and O–H groups in total. The fourth-order valence-corrected chi connectivity index (χ4v) is 2.77. The molecule has 0 fully saturated rings. The maximum Gasteiger partial charge on any atom is 0.341 e. The van der Waals surface area contributed by atoms with Gasteiger partial charge >= 0.3 is 11.9 Å². The molecule has 1 heterocycles. The number of carboxylic acids is 1. The van der Waals surface area contributed by atoms with Crippen LogP contribution in [0.25, 0.3) is 0 Å². The second kappa shape index (κ2) is 9.91. The maximum absolute atomic E-state index is 12.4. The summed E-state index contributed by atoms with van der Waals surface area (Å²) in [4.78, 5) is 47.4. The van der Waals surface area contributed by atoms with E-state index in [0.717, 1.165) is 0 Å². The number of carboxylic acid groups (broad SMARTS) is 1. The smallest absolute Gasteiger partial charge is 0.341 e. The summed E-state index contributed by atoms with van der Waals surface area (Å²) in [7, 11) is 0. The highest BCUT2D eigenvalue weighted by Crippen LogP contribution is 2.25. The van der Waals surface area contributed by atoms with Gasteiger partial charge in [0, 0.05) is 6.42 Å². The molecule has 1 aromatic carbocycles. The first kappa shape index (κ1) is 21.5. The van der Waals surface area contributed by atoms with Crippen molar-refractivity contribution in [3.8, 4) is 0 Å². The molecule has 0 saturated carbocycles. The average Bonchev–Trinajstić information content (AvgIpc) is 3.17. The zero-order chi connectivity index (χ0) is 20.7. The molecular formula is C18H15Cl2NO7. The summed E-state index contributed by atoms with van der Waals surface area (Å²) in [6, 6.07) is 6.09. The molecule has 0 saturated heterocycles. The minimum Gasteiger partial charge on any atom is -0.481 e. The second-order valence-corrected chi connectivity index (χ2v) is 6.39. The van der Waals surface area contributed by atoms with E-state index in [1.54, 1.807) is 6.07 Å². The summed E-state index contributed by atoms with van der Waals surface area (Å²) < 4.78 is 9.86. The lowest BCUT2D eigenvalue weighted by Crippen LogP contribution is -2.43. The van der Waals surface area contributed by atoms with E-state index in [2.05, 4.69) is 5.32 Å². The molecule has 0 unspecified atom stereocenters. The van der Waals surface area contributed by atoms with E-state index in [1.165, 1.54) is 30.5 Å². The van der Waals surface area contributed by atoms with E-state index < -0.39 is 36.3 Å². The molecule has 8 nitrogen and oxygen atoms in total. The third kappa shape index (κ3) is 5.83. The van der Waals surface area contributed by atoms with Gasteiger partial charge in [-0.3, -0.25) is 14.4 Å². The van der Waals surface area contributed by atoms with E-state index >= 15 is 0 Å². The Morgan fingerprint density at radius 1 is 1.11 bits per heavy atom. The molecule has 0 bridgehead atoms. The van der Waals surface area contributed by atoms with Crippen LogP contribution in [0.15, 0.2) is 41.0 Å². The van der Waals surface area contributed by atoms with Crippen LogP contribution in [-0.4, -0.2) is 41.4 Å². The Labute approximate surface area is 169 Å². The van der Waals surface area contributed by atoms with Crippen molar-refractivity contribution in [2.45, 2.75) is 18.9 Å². The Hall–Kier alpha value is -2.84. The number of amides is 1. The van der Waals surface area contributed by atoms with Gasteiger partial charge in [0.2, 0.25) is 0 Å². The molecule has 0 radical (unpaired) electrons. The number of hydrogen-bond donors (Lipinski definition) is 2. The normalized spacial score (nSPS) is 11.5. The van der Waals surface area contributed by atoms with Gasteiger partial charge in [-0.1, -0.05) is 29.3 Å². The fourth-order valence-electron chi connectivity index (χ4n) is 2.22. The van der Waals surface area contributed by atoms with Crippen LogP contribution >= 0.6 is 23.2 Å². The standard InChI is InChI=1S/C18H15Cl2NO7/c19-10-3-1-4-11(20)16(10)18(26)28-9-13(22)12(6-7-15(23)24)21-17(25)14-5-2-8-27-14/h1-5,8,12H,6-7,9H2,(H,21,25)(H,23,24)/t12-/m0/s1. The number of esters is 1. The lowest BCUT2D eigenvalue weighted by atomic mass is 10.1. The van der Waals surface area contributed by atoms with Gasteiger partial charge in [0.05, 0.1) is 27.9 Å². The number of carbonyl (C=O) groups is 4. The van der Waals surface area contributed by atoms with Gasteiger partial charge in [-0.05, 0) is 30.7 Å².